The number of aryl methyl sites for hydroxylation is 1. The van der Waals surface area contributed by atoms with Crippen molar-refractivity contribution in [1.82, 2.24) is 9.55 Å². The van der Waals surface area contributed by atoms with Crippen LogP contribution < -0.4 is 0 Å². The molecule has 1 aromatic heterocycles. The van der Waals surface area contributed by atoms with Gasteiger partial charge in [-0.15, -0.1) is 11.6 Å². The summed E-state index contributed by atoms with van der Waals surface area (Å²) in [4.78, 5) is 4.64. The van der Waals surface area contributed by atoms with E-state index in [0.29, 0.717) is 17.7 Å². The Kier molecular flexibility index (Phi) is 3.96. The number of fused-ring (bicyclic) bond motifs is 1. The maximum Gasteiger partial charge on any atom is 0.124 e. The van der Waals surface area contributed by atoms with Crippen LogP contribution in [0.1, 0.15) is 32.2 Å². The number of alkyl halides is 1. The number of imidazole rings is 1. The first-order valence-corrected chi connectivity index (χ1v) is 7.08. The minimum absolute atomic E-state index is 0.471. The van der Waals surface area contributed by atoms with Gasteiger partial charge in [0.2, 0.25) is 0 Å². The van der Waals surface area contributed by atoms with Crippen molar-refractivity contribution < 1.29 is 0 Å². The Balaban J connectivity index is 2.47. The lowest BCUT2D eigenvalue weighted by atomic mass is 9.98. The molecule has 2 nitrogen and oxygen atoms in total. The van der Waals surface area contributed by atoms with Gasteiger partial charge in [-0.25, -0.2) is 4.98 Å². The monoisotopic (exact) mass is 264 g/mol. The predicted molar refractivity (Wildman–Crippen MR) is 78.0 cm³/mol. The number of aromatic nitrogens is 2. The zero-order valence-electron chi connectivity index (χ0n) is 11.6. The Morgan fingerprint density at radius 1 is 1.28 bits per heavy atom. The molecule has 2 rings (SSSR count). The maximum atomic E-state index is 6.02. The number of hydrogen-bond acceptors (Lipinski definition) is 1. The number of rotatable bonds is 4. The Hall–Kier alpha value is -1.02. The molecule has 0 spiro atoms. The summed E-state index contributed by atoms with van der Waals surface area (Å²) in [5.41, 5.74) is 3.50. The average molecular weight is 265 g/mol. The number of halogens is 1. The summed E-state index contributed by atoms with van der Waals surface area (Å²) in [5, 5.41) is 0. The van der Waals surface area contributed by atoms with Gasteiger partial charge in [-0.2, -0.15) is 0 Å². The third-order valence-corrected chi connectivity index (χ3v) is 3.95. The van der Waals surface area contributed by atoms with Crippen molar-refractivity contribution in [3.63, 3.8) is 0 Å². The van der Waals surface area contributed by atoms with Crippen LogP contribution in [0, 0.1) is 18.8 Å². The third kappa shape index (κ3) is 2.54. The summed E-state index contributed by atoms with van der Waals surface area (Å²) >= 11 is 6.02. The van der Waals surface area contributed by atoms with Crippen molar-refractivity contribution >= 4 is 22.6 Å². The molecule has 0 saturated carbocycles. The second-order valence-corrected chi connectivity index (χ2v) is 5.75. The van der Waals surface area contributed by atoms with Crippen molar-refractivity contribution in [2.75, 3.05) is 0 Å². The fraction of sp³-hybridized carbons (Fsp3) is 0.533. The molecule has 98 valence electrons. The Bertz CT molecular complexity index is 543. The molecule has 1 atom stereocenters. The molecule has 18 heavy (non-hydrogen) atoms. The molecule has 0 aliphatic rings. The predicted octanol–water partition coefficient (Wildman–Crippen LogP) is 4.38. The molecule has 0 bridgehead atoms. The van der Waals surface area contributed by atoms with Gasteiger partial charge < -0.3 is 4.57 Å². The molecule has 0 saturated heterocycles. The normalized spacial score (nSPS) is 13.4. The second kappa shape index (κ2) is 5.31. The fourth-order valence-corrected chi connectivity index (χ4v) is 2.30. The molecule has 0 fully saturated rings. The largest absolute Gasteiger partial charge is 0.327 e. The molecular formula is C15H21ClN2. The highest BCUT2D eigenvalue weighted by atomic mass is 35.5. The van der Waals surface area contributed by atoms with E-state index in [1.807, 2.05) is 0 Å². The topological polar surface area (TPSA) is 17.8 Å². The van der Waals surface area contributed by atoms with E-state index in [-0.39, 0.29) is 0 Å². The van der Waals surface area contributed by atoms with Crippen LogP contribution in [0.5, 0.6) is 0 Å². The van der Waals surface area contributed by atoms with Crippen LogP contribution in [0.4, 0.5) is 0 Å². The van der Waals surface area contributed by atoms with Crippen molar-refractivity contribution in [2.45, 2.75) is 40.1 Å². The molecular weight excluding hydrogens is 244 g/mol. The first-order valence-electron chi connectivity index (χ1n) is 6.54. The lowest BCUT2D eigenvalue weighted by Crippen LogP contribution is -2.14. The summed E-state index contributed by atoms with van der Waals surface area (Å²) in [6.07, 6.45) is 0. The van der Waals surface area contributed by atoms with E-state index < -0.39 is 0 Å². The van der Waals surface area contributed by atoms with Crippen molar-refractivity contribution in [2.24, 2.45) is 11.8 Å². The van der Waals surface area contributed by atoms with Gasteiger partial charge in [-0.05, 0) is 36.5 Å². The third-order valence-electron chi connectivity index (χ3n) is 3.71. The lowest BCUT2D eigenvalue weighted by molar-refractivity contribution is 0.365. The van der Waals surface area contributed by atoms with E-state index in [9.17, 15) is 0 Å². The minimum atomic E-state index is 0.471. The molecule has 0 amide bonds. The molecule has 2 aromatic rings. The second-order valence-electron chi connectivity index (χ2n) is 5.49. The molecule has 0 N–H and O–H groups in total. The first-order chi connectivity index (χ1) is 8.52. The molecule has 1 unspecified atom stereocenters. The molecule has 1 heterocycles. The average Bonchev–Trinajstić information content (AvgIpc) is 2.66. The van der Waals surface area contributed by atoms with Gasteiger partial charge in [0.05, 0.1) is 16.9 Å². The summed E-state index contributed by atoms with van der Waals surface area (Å²) in [5.74, 6) is 2.73. The highest BCUT2D eigenvalue weighted by molar-refractivity contribution is 6.16. The molecule has 0 aliphatic heterocycles. The van der Waals surface area contributed by atoms with Crippen molar-refractivity contribution in [3.8, 4) is 0 Å². The lowest BCUT2D eigenvalue weighted by Gasteiger charge is -2.18. The Morgan fingerprint density at radius 3 is 2.61 bits per heavy atom. The molecule has 0 aliphatic carbocycles. The van der Waals surface area contributed by atoms with Crippen molar-refractivity contribution in [1.29, 1.82) is 0 Å². The quantitative estimate of drug-likeness (QED) is 0.750. The van der Waals surface area contributed by atoms with Crippen molar-refractivity contribution in [3.05, 3.63) is 29.6 Å². The molecule has 0 radical (unpaired) electrons. The van der Waals surface area contributed by atoms with Gasteiger partial charge in [0.1, 0.15) is 5.82 Å². The van der Waals surface area contributed by atoms with Gasteiger partial charge in [-0.3, -0.25) is 0 Å². The van der Waals surface area contributed by atoms with Crippen LogP contribution in [0.25, 0.3) is 11.0 Å². The van der Waals surface area contributed by atoms with E-state index in [1.54, 1.807) is 0 Å². The van der Waals surface area contributed by atoms with Gasteiger partial charge in [0, 0.05) is 6.54 Å². The molecule has 3 heteroatoms. The Labute approximate surface area is 114 Å². The Morgan fingerprint density at radius 2 is 2.00 bits per heavy atom. The zero-order valence-corrected chi connectivity index (χ0v) is 12.3. The van der Waals surface area contributed by atoms with Crippen LogP contribution >= 0.6 is 11.6 Å². The fourth-order valence-electron chi connectivity index (χ4n) is 2.09. The van der Waals surface area contributed by atoms with Gasteiger partial charge in [0.25, 0.3) is 0 Å². The summed E-state index contributed by atoms with van der Waals surface area (Å²) in [7, 11) is 0. The van der Waals surface area contributed by atoms with Crippen LogP contribution in [-0.2, 0) is 12.4 Å². The summed E-state index contributed by atoms with van der Waals surface area (Å²) in [6, 6.07) is 6.42. The van der Waals surface area contributed by atoms with E-state index in [4.69, 9.17) is 11.6 Å². The van der Waals surface area contributed by atoms with Crippen LogP contribution in [-0.4, -0.2) is 9.55 Å². The van der Waals surface area contributed by atoms with Crippen LogP contribution in [0.2, 0.25) is 0 Å². The van der Waals surface area contributed by atoms with Crippen LogP contribution in [0.3, 0.4) is 0 Å². The summed E-state index contributed by atoms with van der Waals surface area (Å²) in [6.45, 7) is 9.88. The van der Waals surface area contributed by atoms with Gasteiger partial charge in [0.15, 0.2) is 0 Å². The SMILES string of the molecule is Cc1ccc2c(c1)nc(CCl)n2CC(C)C(C)C. The van der Waals surface area contributed by atoms with Gasteiger partial charge in [-0.1, -0.05) is 26.8 Å². The van der Waals surface area contributed by atoms with E-state index in [0.717, 1.165) is 17.9 Å². The number of nitrogens with zero attached hydrogens (tertiary/aromatic N) is 2. The molecule has 1 aromatic carbocycles. The maximum absolute atomic E-state index is 6.02. The van der Waals surface area contributed by atoms with E-state index >= 15 is 0 Å². The van der Waals surface area contributed by atoms with Crippen LogP contribution in [0.15, 0.2) is 18.2 Å². The standard InChI is InChI=1S/C15H21ClN2/c1-10(2)12(4)9-18-14-6-5-11(3)7-13(14)17-15(18)8-16/h5-7,10,12H,8-9H2,1-4H3. The smallest absolute Gasteiger partial charge is 0.124 e. The number of benzene rings is 1. The van der Waals surface area contributed by atoms with E-state index in [1.165, 1.54) is 11.1 Å². The highest BCUT2D eigenvalue weighted by Crippen LogP contribution is 2.22. The van der Waals surface area contributed by atoms with Gasteiger partial charge >= 0.3 is 0 Å². The highest BCUT2D eigenvalue weighted by Gasteiger charge is 2.14. The summed E-state index contributed by atoms with van der Waals surface area (Å²) < 4.78 is 2.27. The first kappa shape index (κ1) is 13.4. The minimum Gasteiger partial charge on any atom is -0.327 e. The van der Waals surface area contributed by atoms with E-state index in [2.05, 4.69) is 55.4 Å². The zero-order chi connectivity index (χ0) is 13.3. The number of hydrogen-bond donors (Lipinski definition) is 0.